The summed E-state index contributed by atoms with van der Waals surface area (Å²) in [7, 11) is 0. The second kappa shape index (κ2) is 6.73. The maximum absolute atomic E-state index is 13.6. The highest BCUT2D eigenvalue weighted by molar-refractivity contribution is 5.95. The van der Waals surface area contributed by atoms with Gasteiger partial charge >= 0.3 is 5.97 Å². The average molecular weight is 322 g/mol. The standard InChI is InChI=1S/C15H9F3N2O3/c16-10-3-4-12(17)11(6-10)14(21)20-19-7-9-2-1-8(15(22)23)5-13(9)18/h1-7H,(H,20,21)(H,22,23). The van der Waals surface area contributed by atoms with Gasteiger partial charge in [-0.2, -0.15) is 5.10 Å². The summed E-state index contributed by atoms with van der Waals surface area (Å²) < 4.78 is 39.9. The van der Waals surface area contributed by atoms with E-state index in [-0.39, 0.29) is 11.1 Å². The number of amides is 1. The SMILES string of the molecule is O=C(O)c1ccc(C=NNC(=O)c2cc(F)ccc2F)c(F)c1. The van der Waals surface area contributed by atoms with Gasteiger partial charge in [-0.05, 0) is 36.4 Å². The Balaban J connectivity index is 2.11. The van der Waals surface area contributed by atoms with Gasteiger partial charge in [-0.1, -0.05) is 0 Å². The first kappa shape index (κ1) is 16.2. The molecule has 23 heavy (non-hydrogen) atoms. The monoisotopic (exact) mass is 322 g/mol. The van der Waals surface area contributed by atoms with Gasteiger partial charge in [-0.25, -0.2) is 23.4 Å². The fourth-order valence-corrected chi connectivity index (χ4v) is 1.66. The van der Waals surface area contributed by atoms with Gasteiger partial charge in [0.25, 0.3) is 5.91 Å². The molecule has 2 aromatic carbocycles. The summed E-state index contributed by atoms with van der Waals surface area (Å²) in [6.07, 6.45) is 0.913. The van der Waals surface area contributed by atoms with Crippen molar-refractivity contribution < 1.29 is 27.9 Å². The van der Waals surface area contributed by atoms with Gasteiger partial charge in [0.2, 0.25) is 0 Å². The summed E-state index contributed by atoms with van der Waals surface area (Å²) in [4.78, 5) is 22.3. The van der Waals surface area contributed by atoms with E-state index >= 15 is 0 Å². The van der Waals surface area contributed by atoms with Gasteiger partial charge in [-0.15, -0.1) is 0 Å². The molecule has 0 unspecified atom stereocenters. The number of carbonyl (C=O) groups excluding carboxylic acids is 1. The van der Waals surface area contributed by atoms with Crippen LogP contribution in [0.2, 0.25) is 0 Å². The van der Waals surface area contributed by atoms with Crippen molar-refractivity contribution in [2.24, 2.45) is 5.10 Å². The minimum Gasteiger partial charge on any atom is -0.478 e. The summed E-state index contributed by atoms with van der Waals surface area (Å²) in [6, 6.07) is 5.44. The lowest BCUT2D eigenvalue weighted by atomic mass is 10.1. The maximum Gasteiger partial charge on any atom is 0.335 e. The minimum atomic E-state index is -1.29. The Bertz CT molecular complexity index is 807. The zero-order valence-corrected chi connectivity index (χ0v) is 11.4. The summed E-state index contributed by atoms with van der Waals surface area (Å²) in [5, 5.41) is 12.1. The molecule has 8 heteroatoms. The lowest BCUT2D eigenvalue weighted by molar-refractivity contribution is 0.0696. The molecular formula is C15H9F3N2O3. The van der Waals surface area contributed by atoms with Crippen molar-refractivity contribution in [3.8, 4) is 0 Å². The van der Waals surface area contributed by atoms with E-state index in [0.717, 1.165) is 36.5 Å². The molecule has 0 saturated carbocycles. The number of halogens is 3. The molecule has 0 heterocycles. The van der Waals surface area contributed by atoms with Crippen molar-refractivity contribution in [1.82, 2.24) is 5.43 Å². The number of carbonyl (C=O) groups is 2. The first-order valence-electron chi connectivity index (χ1n) is 6.20. The first-order chi connectivity index (χ1) is 10.9. The number of hydrogen-bond acceptors (Lipinski definition) is 3. The van der Waals surface area contributed by atoms with Crippen LogP contribution in [0.1, 0.15) is 26.3 Å². The van der Waals surface area contributed by atoms with Gasteiger partial charge in [0.15, 0.2) is 0 Å². The second-order valence-corrected chi connectivity index (χ2v) is 4.36. The summed E-state index contributed by atoms with van der Waals surface area (Å²) in [5.74, 6) is -4.89. The minimum absolute atomic E-state index is 0.0879. The van der Waals surface area contributed by atoms with E-state index in [4.69, 9.17) is 5.11 Å². The molecule has 0 spiro atoms. The van der Waals surface area contributed by atoms with Crippen LogP contribution in [0, 0.1) is 17.5 Å². The van der Waals surface area contributed by atoms with Gasteiger partial charge < -0.3 is 5.11 Å². The second-order valence-electron chi connectivity index (χ2n) is 4.36. The lowest BCUT2D eigenvalue weighted by Gasteiger charge is -2.02. The molecule has 118 valence electrons. The van der Waals surface area contributed by atoms with E-state index in [0.29, 0.717) is 6.07 Å². The zero-order valence-electron chi connectivity index (χ0n) is 11.4. The van der Waals surface area contributed by atoms with Crippen LogP contribution in [-0.4, -0.2) is 23.2 Å². The molecule has 0 saturated heterocycles. The highest BCUT2D eigenvalue weighted by Crippen LogP contribution is 2.10. The molecule has 2 rings (SSSR count). The van der Waals surface area contributed by atoms with Crippen molar-refractivity contribution in [3.05, 3.63) is 70.5 Å². The number of nitrogens with one attached hydrogen (secondary N) is 1. The number of hydrogen-bond donors (Lipinski definition) is 2. The molecule has 1 amide bonds. The van der Waals surface area contributed by atoms with Crippen molar-refractivity contribution in [2.45, 2.75) is 0 Å². The molecule has 0 radical (unpaired) electrons. The average Bonchev–Trinajstić information content (AvgIpc) is 2.50. The highest BCUT2D eigenvalue weighted by Gasteiger charge is 2.12. The Kier molecular flexibility index (Phi) is 4.75. The third-order valence-electron chi connectivity index (χ3n) is 2.79. The zero-order chi connectivity index (χ0) is 17.0. The Morgan fingerprint density at radius 1 is 1.04 bits per heavy atom. The van der Waals surface area contributed by atoms with Crippen LogP contribution in [0.4, 0.5) is 13.2 Å². The Hall–Kier alpha value is -3.16. The number of benzene rings is 2. The normalized spacial score (nSPS) is 10.7. The molecular weight excluding hydrogens is 313 g/mol. The quantitative estimate of drug-likeness (QED) is 0.671. The predicted molar refractivity (Wildman–Crippen MR) is 74.8 cm³/mol. The fourth-order valence-electron chi connectivity index (χ4n) is 1.66. The molecule has 2 aromatic rings. The molecule has 0 aliphatic heterocycles. The topological polar surface area (TPSA) is 78.8 Å². The number of aromatic carboxylic acids is 1. The largest absolute Gasteiger partial charge is 0.478 e. The molecule has 2 N–H and O–H groups in total. The van der Waals surface area contributed by atoms with Crippen molar-refractivity contribution >= 4 is 18.1 Å². The summed E-state index contributed by atoms with van der Waals surface area (Å²) >= 11 is 0. The first-order valence-corrected chi connectivity index (χ1v) is 6.20. The summed E-state index contributed by atoms with van der Waals surface area (Å²) in [6.45, 7) is 0. The predicted octanol–water partition coefficient (Wildman–Crippen LogP) is 2.57. The molecule has 0 fully saturated rings. The molecule has 5 nitrogen and oxygen atoms in total. The van der Waals surface area contributed by atoms with E-state index in [9.17, 15) is 22.8 Å². The van der Waals surface area contributed by atoms with E-state index < -0.39 is 34.9 Å². The van der Waals surface area contributed by atoms with Crippen molar-refractivity contribution in [2.75, 3.05) is 0 Å². The van der Waals surface area contributed by atoms with Gasteiger partial charge in [-0.3, -0.25) is 4.79 Å². The smallest absolute Gasteiger partial charge is 0.335 e. The van der Waals surface area contributed by atoms with Crippen LogP contribution in [0.15, 0.2) is 41.5 Å². The number of rotatable bonds is 4. The van der Waals surface area contributed by atoms with Crippen LogP contribution in [-0.2, 0) is 0 Å². The van der Waals surface area contributed by atoms with Gasteiger partial charge in [0, 0.05) is 5.56 Å². The number of carboxylic acid groups (broad SMARTS) is 1. The third kappa shape index (κ3) is 3.94. The molecule has 0 aliphatic rings. The van der Waals surface area contributed by atoms with Crippen LogP contribution >= 0.6 is 0 Å². The molecule has 0 aliphatic carbocycles. The van der Waals surface area contributed by atoms with E-state index in [1.165, 1.54) is 0 Å². The van der Waals surface area contributed by atoms with Gasteiger partial charge in [0.1, 0.15) is 17.5 Å². The van der Waals surface area contributed by atoms with Crippen LogP contribution in [0.5, 0.6) is 0 Å². The summed E-state index contributed by atoms with van der Waals surface area (Å²) in [5.41, 5.74) is 1.04. The van der Waals surface area contributed by atoms with Crippen LogP contribution < -0.4 is 5.43 Å². The van der Waals surface area contributed by atoms with Gasteiger partial charge in [0.05, 0.1) is 17.3 Å². The Morgan fingerprint density at radius 3 is 2.43 bits per heavy atom. The Labute approximate surface area is 128 Å². The molecule has 0 aromatic heterocycles. The van der Waals surface area contributed by atoms with Crippen molar-refractivity contribution in [3.63, 3.8) is 0 Å². The third-order valence-corrected chi connectivity index (χ3v) is 2.79. The molecule has 0 atom stereocenters. The fraction of sp³-hybridized carbons (Fsp3) is 0. The maximum atomic E-state index is 13.6. The highest BCUT2D eigenvalue weighted by atomic mass is 19.1. The van der Waals surface area contributed by atoms with E-state index in [2.05, 4.69) is 5.10 Å². The van der Waals surface area contributed by atoms with E-state index in [1.807, 2.05) is 5.43 Å². The van der Waals surface area contributed by atoms with Crippen molar-refractivity contribution in [1.29, 1.82) is 0 Å². The number of nitrogens with zero attached hydrogens (tertiary/aromatic N) is 1. The van der Waals surface area contributed by atoms with Crippen LogP contribution in [0.25, 0.3) is 0 Å². The van der Waals surface area contributed by atoms with Crippen LogP contribution in [0.3, 0.4) is 0 Å². The van der Waals surface area contributed by atoms with E-state index in [1.54, 1.807) is 0 Å². The molecule has 0 bridgehead atoms. The Morgan fingerprint density at radius 2 is 1.78 bits per heavy atom. The number of carboxylic acids is 1. The number of hydrazone groups is 1. The lowest BCUT2D eigenvalue weighted by Crippen LogP contribution is -2.19.